The first-order chi connectivity index (χ1) is 4.10. The topological polar surface area (TPSA) is 29.5 Å². The van der Waals surface area contributed by atoms with Crippen molar-refractivity contribution in [3.63, 3.8) is 0 Å². The van der Waals surface area contributed by atoms with Gasteiger partial charge in [0.2, 0.25) is 0 Å². The first-order valence-corrected chi connectivity index (χ1v) is 6.07. The molecule has 2 nitrogen and oxygen atoms in total. The Morgan fingerprint density at radius 3 is 2.36 bits per heavy atom. The largest absolute Gasteiger partial charge is 1.00 e. The van der Waals surface area contributed by atoms with Crippen LogP contribution in [0, 0.1) is 0 Å². The van der Waals surface area contributed by atoms with Crippen LogP contribution >= 0.6 is 0 Å². The van der Waals surface area contributed by atoms with Gasteiger partial charge in [-0.15, -0.1) is 0 Å². The molecule has 0 amide bonds. The van der Waals surface area contributed by atoms with Crippen LogP contribution in [0.2, 0.25) is 12.6 Å². The van der Waals surface area contributed by atoms with E-state index in [-0.39, 0.29) is 106 Å². The molecule has 0 spiro atoms. The van der Waals surface area contributed by atoms with Gasteiger partial charge in [0.25, 0.3) is 0 Å². The van der Waals surface area contributed by atoms with Crippen LogP contribution in [-0.2, 0) is 4.43 Å². The van der Waals surface area contributed by atoms with Crippen LogP contribution in [0.25, 0.3) is 0 Å². The molecule has 1 aliphatic rings. The van der Waals surface area contributed by atoms with Gasteiger partial charge < -0.3 is 12.1 Å². The summed E-state index contributed by atoms with van der Waals surface area (Å²) in [5.41, 5.74) is 0. The van der Waals surface area contributed by atoms with Crippen LogP contribution < -0.4 is 103 Å². The van der Waals surface area contributed by atoms with Crippen molar-refractivity contribution in [3.05, 3.63) is 0 Å². The molecular weight excluding hydrogens is 210 g/mol. The molecule has 0 saturated carbocycles. The molecule has 1 fully saturated rings. The molecule has 2 atom stereocenters. The molecule has 0 radical (unpaired) electrons. The van der Waals surface area contributed by atoms with Crippen LogP contribution in [0.3, 0.4) is 0 Å². The van der Waals surface area contributed by atoms with Crippen molar-refractivity contribution >= 4 is 8.56 Å². The summed E-state index contributed by atoms with van der Waals surface area (Å²) >= 11 is 0. The van der Waals surface area contributed by atoms with E-state index in [0.29, 0.717) is 6.10 Å². The Balaban J connectivity index is -0.000000101. The first kappa shape index (κ1) is 16.8. The van der Waals surface area contributed by atoms with E-state index in [9.17, 15) is 4.80 Å². The maximum absolute atomic E-state index is 9.46. The van der Waals surface area contributed by atoms with E-state index in [2.05, 4.69) is 0 Å². The van der Waals surface area contributed by atoms with E-state index < -0.39 is 8.56 Å². The Morgan fingerprint density at radius 1 is 1.55 bits per heavy atom. The summed E-state index contributed by atoms with van der Waals surface area (Å²) < 4.78 is 5.37. The monoisotopic (exact) mass is 226 g/mol. The molecule has 1 N–H and O–H groups in total. The third kappa shape index (κ3) is 7.35. The smallest absolute Gasteiger partial charge is 1.00 e. The van der Waals surface area contributed by atoms with Crippen LogP contribution in [0.4, 0.5) is 0 Å². The van der Waals surface area contributed by atoms with Crippen molar-refractivity contribution in [2.75, 3.05) is 0 Å². The molecule has 11 heavy (non-hydrogen) atoms. The molecule has 0 aromatic rings. The summed E-state index contributed by atoms with van der Waals surface area (Å²) in [6.07, 6.45) is 2.55. The fourth-order valence-corrected chi connectivity index (χ4v) is 3.23. The fourth-order valence-electron chi connectivity index (χ4n) is 1.27. The van der Waals surface area contributed by atoms with Crippen molar-refractivity contribution in [1.82, 2.24) is 0 Å². The zero-order chi connectivity index (χ0) is 6.91. The number of hydrogen-bond acceptors (Lipinski definition) is 2. The summed E-state index contributed by atoms with van der Waals surface area (Å²) in [5.74, 6) is 0. The van der Waals surface area contributed by atoms with Gasteiger partial charge in [0.05, 0.1) is 0 Å². The van der Waals surface area contributed by atoms with Crippen LogP contribution in [0.1, 0.15) is 22.6 Å². The summed E-state index contributed by atoms with van der Waals surface area (Å²) in [6, 6.07) is 0.914. The van der Waals surface area contributed by atoms with Gasteiger partial charge in [0.15, 0.2) is 0 Å². The van der Waals surface area contributed by atoms with Crippen LogP contribution in [0.5, 0.6) is 0 Å². The average Bonchev–Trinajstić information content (AvgIpc) is 1.60. The van der Waals surface area contributed by atoms with E-state index >= 15 is 0 Å². The summed E-state index contributed by atoms with van der Waals surface area (Å²) in [7, 11) is -2.15. The molecule has 0 aliphatic carbocycles. The van der Waals surface area contributed by atoms with Crippen LogP contribution in [0.15, 0.2) is 0 Å². The van der Waals surface area contributed by atoms with E-state index in [1.165, 1.54) is 0 Å². The van der Waals surface area contributed by atoms with E-state index in [1.807, 2.05) is 13.5 Å². The van der Waals surface area contributed by atoms with E-state index in [0.717, 1.165) is 18.9 Å². The molecular formula is C6H16K2O2Si. The second kappa shape index (κ2) is 7.67. The predicted molar refractivity (Wildman–Crippen MR) is 40.6 cm³/mol. The predicted octanol–water partition coefficient (Wildman–Crippen LogP) is -4.52. The van der Waals surface area contributed by atoms with Crippen molar-refractivity contribution in [2.45, 2.75) is 38.5 Å². The first-order valence-electron chi connectivity index (χ1n) is 3.50. The Morgan fingerprint density at radius 2 is 2.09 bits per heavy atom. The molecule has 0 aromatic heterocycles. The zero-order valence-electron chi connectivity index (χ0n) is 10.1. The van der Waals surface area contributed by atoms with Gasteiger partial charge in [-0.2, -0.15) is 0 Å². The molecule has 1 saturated heterocycles. The molecule has 1 heterocycles. The van der Waals surface area contributed by atoms with Gasteiger partial charge in [-0.3, -0.25) is 0 Å². The number of hydrogen-bond donors (Lipinski definition) is 1. The maximum Gasteiger partial charge on any atom is 1.00 e. The molecule has 0 aromatic carbocycles. The normalized spacial score (nSPS) is 36.8. The van der Waals surface area contributed by atoms with Crippen LogP contribution in [-0.4, -0.2) is 19.5 Å². The van der Waals surface area contributed by atoms with Gasteiger partial charge in [0, 0.05) is 6.10 Å². The van der Waals surface area contributed by atoms with E-state index in [4.69, 9.17) is 4.43 Å². The van der Waals surface area contributed by atoms with E-state index in [1.54, 1.807) is 0 Å². The molecule has 5 heteroatoms. The molecule has 1 rings (SSSR count). The summed E-state index contributed by atoms with van der Waals surface area (Å²) in [5, 5.41) is 0. The Bertz CT molecular complexity index is 119. The minimum absolute atomic E-state index is 0. The molecule has 0 bridgehead atoms. The average molecular weight is 226 g/mol. The number of rotatable bonds is 0. The van der Waals surface area contributed by atoms with Crippen molar-refractivity contribution < 1.29 is 115 Å². The van der Waals surface area contributed by atoms with Gasteiger partial charge in [0.1, 0.15) is 0 Å². The fraction of sp³-hybridized carbons (Fsp3) is 1.00. The van der Waals surface area contributed by atoms with Gasteiger partial charge in [-0.05, 0) is 32.4 Å². The molecule has 1 aliphatic heterocycles. The second-order valence-corrected chi connectivity index (χ2v) is 6.08. The Labute approximate surface area is 158 Å². The van der Waals surface area contributed by atoms with Crippen molar-refractivity contribution in [3.8, 4) is 0 Å². The van der Waals surface area contributed by atoms with Crippen molar-refractivity contribution in [1.29, 1.82) is 0 Å². The third-order valence-corrected chi connectivity index (χ3v) is 3.90. The minimum atomic E-state index is -2.15. The quantitative estimate of drug-likeness (QED) is 0.422. The molecule has 2 unspecified atom stereocenters. The Kier molecular flexibility index (Phi) is 11.7. The maximum atomic E-state index is 9.46. The summed E-state index contributed by atoms with van der Waals surface area (Å²) in [6.45, 7) is 3.89. The van der Waals surface area contributed by atoms with Crippen molar-refractivity contribution in [2.24, 2.45) is 0 Å². The van der Waals surface area contributed by atoms with Gasteiger partial charge >= 0.3 is 111 Å². The molecule has 58 valence electrons. The standard InChI is InChI=1S/C6H14O2Si.2K.2H/c1-6-4-3-5-9(2,7)8-6;;;;/h6-7H,3-5H2,1-2H3;;;;/q;2*+1;2*-1. The SMILES string of the molecule is CC1CCC[Si](C)(O)O1.[H-].[H-].[K+].[K+]. The van der Waals surface area contributed by atoms with Gasteiger partial charge in [-0.1, -0.05) is 0 Å². The second-order valence-electron chi connectivity index (χ2n) is 3.00. The zero-order valence-corrected chi connectivity index (χ0v) is 15.3. The summed E-state index contributed by atoms with van der Waals surface area (Å²) in [4.78, 5) is 9.46. The third-order valence-electron chi connectivity index (χ3n) is 1.71. The Hall–Kier alpha value is 3.41. The van der Waals surface area contributed by atoms with Gasteiger partial charge in [-0.25, -0.2) is 0 Å². The minimum Gasteiger partial charge on any atom is -1.00 e.